The molecule has 1 N–H and O–H groups in total. The predicted octanol–water partition coefficient (Wildman–Crippen LogP) is 2.75. The largest absolute Gasteiger partial charge is 0.492 e. The molecule has 0 amide bonds. The van der Waals surface area contributed by atoms with Crippen molar-refractivity contribution in [3.63, 3.8) is 0 Å². The molecule has 1 saturated carbocycles. The van der Waals surface area contributed by atoms with E-state index in [1.54, 1.807) is 0 Å². The minimum absolute atomic E-state index is 0.758. The fraction of sp³-hybridized carbons (Fsp3) is 0.647. The van der Waals surface area contributed by atoms with Gasteiger partial charge in [-0.2, -0.15) is 11.8 Å². The molecule has 0 spiro atoms. The molecule has 1 atom stereocenters. The average molecular weight is 306 g/mol. The molecule has 1 aliphatic carbocycles. The Bertz CT molecular complexity index is 450. The molecule has 1 aromatic rings. The summed E-state index contributed by atoms with van der Waals surface area (Å²) in [5.41, 5.74) is 1.32. The quantitative estimate of drug-likeness (QED) is 0.837. The molecule has 0 aromatic heterocycles. The lowest BCUT2D eigenvalue weighted by atomic mass is 10.2. The lowest BCUT2D eigenvalue weighted by Crippen LogP contribution is -2.39. The van der Waals surface area contributed by atoms with Crippen LogP contribution in [0.15, 0.2) is 24.3 Å². The Morgan fingerprint density at radius 1 is 1.38 bits per heavy atom. The highest BCUT2D eigenvalue weighted by Crippen LogP contribution is 2.20. The monoisotopic (exact) mass is 306 g/mol. The highest BCUT2D eigenvalue weighted by atomic mass is 32.2. The Kier molecular flexibility index (Phi) is 5.44. The molecule has 3 rings (SSSR count). The summed E-state index contributed by atoms with van der Waals surface area (Å²) in [6.45, 7) is 7.49. The van der Waals surface area contributed by atoms with Crippen molar-refractivity contribution in [2.24, 2.45) is 0 Å². The van der Waals surface area contributed by atoms with E-state index in [9.17, 15) is 0 Å². The van der Waals surface area contributed by atoms with E-state index in [4.69, 9.17) is 4.74 Å². The second-order valence-electron chi connectivity index (χ2n) is 6.13. The van der Waals surface area contributed by atoms with Crippen LogP contribution in [0.3, 0.4) is 0 Å². The third-order valence-corrected chi connectivity index (χ3v) is 5.21. The molecule has 0 radical (unpaired) electrons. The molecule has 1 saturated heterocycles. The van der Waals surface area contributed by atoms with Gasteiger partial charge in [-0.05, 0) is 30.5 Å². The van der Waals surface area contributed by atoms with Crippen LogP contribution in [0.5, 0.6) is 5.75 Å². The molecule has 4 heteroatoms. The zero-order valence-corrected chi connectivity index (χ0v) is 13.7. The van der Waals surface area contributed by atoms with Crippen LogP contribution < -0.4 is 10.1 Å². The third kappa shape index (κ3) is 5.20. The van der Waals surface area contributed by atoms with Crippen molar-refractivity contribution >= 4 is 11.8 Å². The van der Waals surface area contributed by atoms with Gasteiger partial charge in [0, 0.05) is 43.2 Å². The Labute approximate surface area is 132 Å². The van der Waals surface area contributed by atoms with Gasteiger partial charge in [-0.15, -0.1) is 0 Å². The minimum Gasteiger partial charge on any atom is -0.492 e. The fourth-order valence-electron chi connectivity index (χ4n) is 2.68. The Morgan fingerprint density at radius 2 is 2.29 bits per heavy atom. The van der Waals surface area contributed by atoms with Gasteiger partial charge in [0.25, 0.3) is 0 Å². The number of rotatable bonds is 7. The molecule has 1 heterocycles. The number of thioether (sulfide) groups is 1. The summed E-state index contributed by atoms with van der Waals surface area (Å²) in [6.07, 6.45) is 2.67. The van der Waals surface area contributed by atoms with E-state index in [1.807, 2.05) is 0 Å². The van der Waals surface area contributed by atoms with Crippen LogP contribution in [0, 0.1) is 0 Å². The van der Waals surface area contributed by atoms with Gasteiger partial charge in [0.05, 0.1) is 0 Å². The number of nitrogens with zero attached hydrogens (tertiary/aromatic N) is 1. The van der Waals surface area contributed by atoms with E-state index >= 15 is 0 Å². The maximum atomic E-state index is 5.93. The summed E-state index contributed by atoms with van der Waals surface area (Å²) < 4.78 is 5.93. The van der Waals surface area contributed by atoms with Crippen LogP contribution >= 0.6 is 11.8 Å². The molecule has 3 nitrogen and oxygen atoms in total. The fourth-order valence-corrected chi connectivity index (χ4v) is 3.76. The number of benzene rings is 1. The molecule has 21 heavy (non-hydrogen) atoms. The summed E-state index contributed by atoms with van der Waals surface area (Å²) in [7, 11) is 0. The summed E-state index contributed by atoms with van der Waals surface area (Å²) >= 11 is 2.08. The van der Waals surface area contributed by atoms with E-state index in [-0.39, 0.29) is 0 Å². The normalized spacial score (nSPS) is 23.2. The highest BCUT2D eigenvalue weighted by Gasteiger charge is 2.20. The van der Waals surface area contributed by atoms with Gasteiger partial charge in [0.1, 0.15) is 12.4 Å². The van der Waals surface area contributed by atoms with Crippen molar-refractivity contribution in [1.82, 2.24) is 10.2 Å². The van der Waals surface area contributed by atoms with Gasteiger partial charge in [0.15, 0.2) is 0 Å². The Hall–Kier alpha value is -0.710. The van der Waals surface area contributed by atoms with Crippen LogP contribution in [-0.2, 0) is 6.54 Å². The summed E-state index contributed by atoms with van der Waals surface area (Å²) in [4.78, 5) is 2.51. The van der Waals surface area contributed by atoms with E-state index in [1.165, 1.54) is 37.2 Å². The van der Waals surface area contributed by atoms with Gasteiger partial charge >= 0.3 is 0 Å². The maximum Gasteiger partial charge on any atom is 0.119 e. The van der Waals surface area contributed by atoms with Crippen molar-refractivity contribution in [2.45, 2.75) is 37.6 Å². The molecular weight excluding hydrogens is 280 g/mol. The second kappa shape index (κ2) is 7.52. The number of nitrogens with one attached hydrogen (secondary N) is 1. The average Bonchev–Trinajstić information content (AvgIpc) is 3.30. The molecule has 1 unspecified atom stereocenters. The third-order valence-electron chi connectivity index (χ3n) is 4.07. The van der Waals surface area contributed by atoms with E-state index in [2.05, 4.69) is 53.2 Å². The Balaban J connectivity index is 1.40. The standard InChI is InChI=1S/C17H26N2OS/c1-14-13-19(8-10-21-14)7-9-20-17-4-2-3-15(11-17)12-18-16-5-6-16/h2-4,11,14,16,18H,5-10,12-13H2,1H3. The maximum absolute atomic E-state index is 5.93. The lowest BCUT2D eigenvalue weighted by molar-refractivity contribution is 0.215. The molecule has 2 aliphatic rings. The molecule has 1 aliphatic heterocycles. The van der Waals surface area contributed by atoms with Crippen LogP contribution in [0.2, 0.25) is 0 Å². The summed E-state index contributed by atoms with van der Waals surface area (Å²) in [5, 5.41) is 4.31. The topological polar surface area (TPSA) is 24.5 Å². The first-order valence-electron chi connectivity index (χ1n) is 8.09. The van der Waals surface area contributed by atoms with Crippen LogP contribution in [0.1, 0.15) is 25.3 Å². The summed E-state index contributed by atoms with van der Waals surface area (Å²) in [6, 6.07) is 9.26. The zero-order valence-electron chi connectivity index (χ0n) is 12.9. The summed E-state index contributed by atoms with van der Waals surface area (Å²) in [5.74, 6) is 2.26. The molecule has 0 bridgehead atoms. The zero-order chi connectivity index (χ0) is 14.5. The van der Waals surface area contributed by atoms with Crippen LogP contribution in [0.4, 0.5) is 0 Å². The van der Waals surface area contributed by atoms with E-state index in [0.717, 1.165) is 36.7 Å². The predicted molar refractivity (Wildman–Crippen MR) is 90.2 cm³/mol. The van der Waals surface area contributed by atoms with Crippen molar-refractivity contribution in [3.05, 3.63) is 29.8 Å². The van der Waals surface area contributed by atoms with Gasteiger partial charge < -0.3 is 10.1 Å². The lowest BCUT2D eigenvalue weighted by Gasteiger charge is -2.30. The van der Waals surface area contributed by atoms with Crippen LogP contribution in [-0.4, -0.2) is 48.2 Å². The number of hydrogen-bond acceptors (Lipinski definition) is 4. The molecular formula is C17H26N2OS. The second-order valence-corrected chi connectivity index (χ2v) is 7.68. The van der Waals surface area contributed by atoms with Crippen molar-refractivity contribution in [2.75, 3.05) is 32.0 Å². The van der Waals surface area contributed by atoms with Crippen molar-refractivity contribution in [1.29, 1.82) is 0 Å². The smallest absolute Gasteiger partial charge is 0.119 e. The van der Waals surface area contributed by atoms with Gasteiger partial charge in [-0.25, -0.2) is 0 Å². The Morgan fingerprint density at radius 3 is 3.10 bits per heavy atom. The van der Waals surface area contributed by atoms with Crippen molar-refractivity contribution < 1.29 is 4.74 Å². The SMILES string of the molecule is CC1CN(CCOc2cccc(CNC3CC3)c2)CCS1. The highest BCUT2D eigenvalue weighted by molar-refractivity contribution is 7.99. The van der Waals surface area contributed by atoms with Gasteiger partial charge in [-0.3, -0.25) is 4.90 Å². The van der Waals surface area contributed by atoms with Crippen molar-refractivity contribution in [3.8, 4) is 5.75 Å². The number of hydrogen-bond donors (Lipinski definition) is 1. The van der Waals surface area contributed by atoms with Gasteiger partial charge in [0.2, 0.25) is 0 Å². The van der Waals surface area contributed by atoms with Crippen LogP contribution in [0.25, 0.3) is 0 Å². The first kappa shape index (κ1) is 15.2. The molecule has 2 fully saturated rings. The van der Waals surface area contributed by atoms with E-state index < -0.39 is 0 Å². The first-order chi connectivity index (χ1) is 10.3. The molecule has 1 aromatic carbocycles. The minimum atomic E-state index is 0.758. The van der Waals surface area contributed by atoms with Gasteiger partial charge in [-0.1, -0.05) is 19.1 Å². The molecule has 116 valence electrons. The number of ether oxygens (including phenoxy) is 1. The van der Waals surface area contributed by atoms with E-state index in [0.29, 0.717) is 0 Å². The first-order valence-corrected chi connectivity index (χ1v) is 9.13.